The summed E-state index contributed by atoms with van der Waals surface area (Å²) in [7, 11) is 1.39. The van der Waals surface area contributed by atoms with Gasteiger partial charge in [-0.1, -0.05) is 6.92 Å². The molecule has 0 bridgehead atoms. The Morgan fingerprint density at radius 1 is 1.28 bits per heavy atom. The van der Waals surface area contributed by atoms with Crippen LogP contribution in [0.4, 0.5) is 17.1 Å². The van der Waals surface area contributed by atoms with Gasteiger partial charge in [0.25, 0.3) is 16.8 Å². The molecule has 0 aliphatic carbocycles. The quantitative estimate of drug-likeness (QED) is 0.458. The Kier molecular flexibility index (Phi) is 5.08. The van der Waals surface area contributed by atoms with Crippen LogP contribution in [0.2, 0.25) is 0 Å². The number of hydrogen-bond acceptors (Lipinski definition) is 7. The third-order valence-electron chi connectivity index (χ3n) is 3.88. The second kappa shape index (κ2) is 7.05. The van der Waals surface area contributed by atoms with E-state index < -0.39 is 22.5 Å². The Bertz CT molecular complexity index is 935. The van der Waals surface area contributed by atoms with E-state index in [0.29, 0.717) is 0 Å². The largest absolute Gasteiger partial charge is 0.505 e. The van der Waals surface area contributed by atoms with Gasteiger partial charge in [0.2, 0.25) is 0 Å². The highest BCUT2D eigenvalue weighted by atomic mass is 16.3. The van der Waals surface area contributed by atoms with Crippen molar-refractivity contribution < 1.29 is 9.90 Å². The van der Waals surface area contributed by atoms with E-state index >= 15 is 0 Å². The van der Waals surface area contributed by atoms with Crippen molar-refractivity contribution in [2.45, 2.75) is 26.3 Å². The zero-order chi connectivity index (χ0) is 18.7. The van der Waals surface area contributed by atoms with E-state index in [4.69, 9.17) is 5.26 Å². The average Bonchev–Trinajstić information content (AvgIpc) is 2.64. The third-order valence-corrected chi connectivity index (χ3v) is 3.88. The molecule has 0 fully saturated rings. The highest BCUT2D eigenvalue weighted by Crippen LogP contribution is 2.33. The maximum atomic E-state index is 11.9. The van der Waals surface area contributed by atoms with Crippen LogP contribution in [0.25, 0.3) is 0 Å². The average molecular weight is 342 g/mol. The van der Waals surface area contributed by atoms with Gasteiger partial charge in [0.1, 0.15) is 11.4 Å². The van der Waals surface area contributed by atoms with Gasteiger partial charge in [-0.2, -0.15) is 5.26 Å². The lowest BCUT2D eigenvalue weighted by Gasteiger charge is -2.19. The van der Waals surface area contributed by atoms with Crippen LogP contribution >= 0.6 is 0 Å². The van der Waals surface area contributed by atoms with Crippen LogP contribution in [0, 0.1) is 11.3 Å². The highest BCUT2D eigenvalue weighted by molar-refractivity contribution is 5.99. The van der Waals surface area contributed by atoms with Gasteiger partial charge in [0.15, 0.2) is 5.75 Å². The number of phenols is 1. The third kappa shape index (κ3) is 3.30. The van der Waals surface area contributed by atoms with Crippen molar-refractivity contribution >= 4 is 23.0 Å². The summed E-state index contributed by atoms with van der Waals surface area (Å²) in [6.45, 7) is 3.78. The van der Waals surface area contributed by atoms with E-state index in [0.717, 1.165) is 6.42 Å². The molecule has 4 N–H and O–H groups in total. The molecule has 0 unspecified atom stereocenters. The second-order valence-electron chi connectivity index (χ2n) is 5.60. The Balaban J connectivity index is 2.47. The molecule has 2 aromatic rings. The first-order chi connectivity index (χ1) is 11.8. The summed E-state index contributed by atoms with van der Waals surface area (Å²) in [4.78, 5) is 35.4. The van der Waals surface area contributed by atoms with E-state index in [1.807, 2.05) is 19.9 Å². The fourth-order valence-electron chi connectivity index (χ4n) is 2.23. The Morgan fingerprint density at radius 2 is 1.92 bits per heavy atom. The molecule has 8 heteroatoms. The number of nitrogens with one attached hydrogen (secondary N) is 3. The van der Waals surface area contributed by atoms with Crippen LogP contribution in [-0.2, 0) is 0 Å². The number of carbonyl (C=O) groups excluding carboxylic acids is 1. The molecule has 2 aromatic carbocycles. The molecule has 130 valence electrons. The minimum Gasteiger partial charge on any atom is -0.505 e. The summed E-state index contributed by atoms with van der Waals surface area (Å²) in [5, 5.41) is 27.3. The van der Waals surface area contributed by atoms with E-state index in [-0.39, 0.29) is 34.2 Å². The molecule has 1 amide bonds. The topological polar surface area (TPSA) is 131 Å². The predicted molar refractivity (Wildman–Crippen MR) is 94.2 cm³/mol. The SMILES string of the molecule is CC[C@H](C)Nc1c(Nc2cc(C#N)cc(C(=O)NC)c2O)c(=O)c1=O. The molecule has 0 spiro atoms. The van der Waals surface area contributed by atoms with Crippen molar-refractivity contribution in [1.29, 1.82) is 5.26 Å². The number of amides is 1. The zero-order valence-corrected chi connectivity index (χ0v) is 14.1. The normalized spacial score (nSPS) is 11.6. The van der Waals surface area contributed by atoms with Gasteiger partial charge in [-0.3, -0.25) is 14.4 Å². The van der Waals surface area contributed by atoms with Crippen molar-refractivity contribution in [2.75, 3.05) is 17.7 Å². The van der Waals surface area contributed by atoms with Crippen molar-refractivity contribution in [3.8, 4) is 11.8 Å². The number of hydrogen-bond donors (Lipinski definition) is 4. The van der Waals surface area contributed by atoms with Crippen molar-refractivity contribution in [2.24, 2.45) is 0 Å². The van der Waals surface area contributed by atoms with Crippen molar-refractivity contribution in [1.82, 2.24) is 5.32 Å². The number of nitriles is 1. The molecular formula is C17H18N4O4. The van der Waals surface area contributed by atoms with Gasteiger partial charge in [-0.15, -0.1) is 0 Å². The van der Waals surface area contributed by atoms with E-state index in [2.05, 4.69) is 16.0 Å². The summed E-state index contributed by atoms with van der Waals surface area (Å²) in [6.07, 6.45) is 0.744. The highest BCUT2D eigenvalue weighted by Gasteiger charge is 2.24. The number of benzene rings is 1. The predicted octanol–water partition coefficient (Wildman–Crippen LogP) is 1.17. The Morgan fingerprint density at radius 3 is 2.48 bits per heavy atom. The van der Waals surface area contributed by atoms with E-state index in [9.17, 15) is 19.5 Å². The Labute approximate surface area is 143 Å². The summed E-state index contributed by atoms with van der Waals surface area (Å²) in [5.74, 6) is -0.999. The standard InChI is InChI=1S/C17H18N4O4/c1-4-8(2)20-12-13(16(24)15(12)23)21-11-6-9(7-18)5-10(14(11)22)17(25)19-3/h5-6,8,20-22H,4H2,1-3H3,(H,19,25)/t8-/m0/s1. The zero-order valence-electron chi connectivity index (χ0n) is 14.1. The number of phenolic OH excluding ortho intramolecular Hbond substituents is 1. The number of anilines is 3. The van der Waals surface area contributed by atoms with Gasteiger partial charge in [-0.25, -0.2) is 0 Å². The first-order valence-corrected chi connectivity index (χ1v) is 7.70. The minimum atomic E-state index is -0.728. The van der Waals surface area contributed by atoms with E-state index in [1.165, 1.54) is 19.2 Å². The molecule has 1 atom stereocenters. The molecule has 0 aromatic heterocycles. The number of carbonyl (C=O) groups is 1. The number of rotatable bonds is 6. The van der Waals surface area contributed by atoms with Crippen LogP contribution in [0.1, 0.15) is 36.2 Å². The lowest BCUT2D eigenvalue weighted by Crippen LogP contribution is -2.38. The van der Waals surface area contributed by atoms with Gasteiger partial charge in [0.05, 0.1) is 22.9 Å². The minimum absolute atomic E-state index is 0.00135. The number of nitrogens with zero attached hydrogens (tertiary/aromatic N) is 1. The van der Waals surface area contributed by atoms with Gasteiger partial charge >= 0.3 is 0 Å². The number of aromatic hydroxyl groups is 1. The first kappa shape index (κ1) is 18.0. The molecule has 0 aliphatic heterocycles. The molecule has 0 saturated heterocycles. The molecular weight excluding hydrogens is 324 g/mol. The van der Waals surface area contributed by atoms with Crippen LogP contribution < -0.4 is 26.8 Å². The Hall–Kier alpha value is -3.34. The summed E-state index contributed by atoms with van der Waals surface area (Å²) < 4.78 is 0. The van der Waals surface area contributed by atoms with Crippen LogP contribution in [0.5, 0.6) is 5.75 Å². The van der Waals surface area contributed by atoms with Gasteiger partial charge in [0, 0.05) is 13.1 Å². The monoisotopic (exact) mass is 342 g/mol. The van der Waals surface area contributed by atoms with Crippen molar-refractivity contribution in [3.63, 3.8) is 0 Å². The molecule has 8 nitrogen and oxygen atoms in total. The summed E-state index contributed by atoms with van der Waals surface area (Å²) in [6, 6.07) is 4.39. The smallest absolute Gasteiger partial charge is 0.254 e. The van der Waals surface area contributed by atoms with Crippen LogP contribution in [0.3, 0.4) is 0 Å². The summed E-state index contributed by atoms with van der Waals surface area (Å²) >= 11 is 0. The molecule has 0 saturated carbocycles. The lowest BCUT2D eigenvalue weighted by atomic mass is 10.1. The molecule has 0 heterocycles. The van der Waals surface area contributed by atoms with Crippen molar-refractivity contribution in [3.05, 3.63) is 43.7 Å². The lowest BCUT2D eigenvalue weighted by molar-refractivity contribution is 0.0960. The first-order valence-electron chi connectivity index (χ1n) is 7.70. The fourth-order valence-corrected chi connectivity index (χ4v) is 2.23. The van der Waals surface area contributed by atoms with Crippen LogP contribution in [0.15, 0.2) is 21.7 Å². The van der Waals surface area contributed by atoms with Crippen LogP contribution in [-0.4, -0.2) is 24.1 Å². The maximum Gasteiger partial charge on any atom is 0.254 e. The summed E-state index contributed by atoms with van der Waals surface area (Å²) in [5.41, 5.74) is -1.24. The molecule has 2 rings (SSSR count). The molecule has 0 aliphatic rings. The van der Waals surface area contributed by atoms with Gasteiger partial charge in [-0.05, 0) is 25.5 Å². The molecule has 0 radical (unpaired) electrons. The maximum absolute atomic E-state index is 11.9. The fraction of sp³-hybridized carbons (Fsp3) is 0.294. The second-order valence-corrected chi connectivity index (χ2v) is 5.60. The van der Waals surface area contributed by atoms with E-state index in [1.54, 1.807) is 0 Å². The molecule has 25 heavy (non-hydrogen) atoms. The van der Waals surface area contributed by atoms with Gasteiger partial charge < -0.3 is 21.1 Å².